The highest BCUT2D eigenvalue weighted by Crippen LogP contribution is 2.25. The molecule has 2 aromatic carbocycles. The molecule has 1 fully saturated rings. The molecule has 1 saturated heterocycles. The van der Waals surface area contributed by atoms with E-state index in [9.17, 15) is 9.90 Å². The molecule has 0 spiro atoms. The van der Waals surface area contributed by atoms with Crippen molar-refractivity contribution in [2.24, 2.45) is 0 Å². The first-order valence-electron chi connectivity index (χ1n) is 11.7. The van der Waals surface area contributed by atoms with Crippen LogP contribution in [0.15, 0.2) is 36.4 Å². The van der Waals surface area contributed by atoms with Crippen LogP contribution >= 0.6 is 0 Å². The van der Waals surface area contributed by atoms with Crippen LogP contribution in [0.3, 0.4) is 0 Å². The number of para-hydroxylation sites is 1. The third kappa shape index (κ3) is 7.43. The minimum absolute atomic E-state index is 0. The Balaban J connectivity index is 0.00000432. The standard InChI is InChI=1S/C26H37N3O5.H2/c1-19-6-5-7-20(2)26(19)27-25(31)16-29-12-10-28(11-13-29)15-22(30)18-34-17-21-8-9-23(32-3)14-24(21)33-4;/h5-9,14,22,30H,10-13,15-18H2,1-4H3,(H,27,31);1H. The van der Waals surface area contributed by atoms with Gasteiger partial charge in [0, 0.05) is 51.5 Å². The van der Waals surface area contributed by atoms with Gasteiger partial charge in [0.2, 0.25) is 5.91 Å². The summed E-state index contributed by atoms with van der Waals surface area (Å²) >= 11 is 0. The molecule has 0 saturated carbocycles. The molecule has 34 heavy (non-hydrogen) atoms. The summed E-state index contributed by atoms with van der Waals surface area (Å²) in [5.74, 6) is 1.43. The van der Waals surface area contributed by atoms with Gasteiger partial charge in [0.1, 0.15) is 11.5 Å². The van der Waals surface area contributed by atoms with E-state index in [4.69, 9.17) is 14.2 Å². The normalized spacial score (nSPS) is 15.7. The average Bonchev–Trinajstić information content (AvgIpc) is 2.83. The number of piperazine rings is 1. The number of aliphatic hydroxyl groups is 1. The largest absolute Gasteiger partial charge is 0.497 e. The van der Waals surface area contributed by atoms with Crippen molar-refractivity contribution in [1.82, 2.24) is 9.80 Å². The van der Waals surface area contributed by atoms with E-state index < -0.39 is 6.10 Å². The van der Waals surface area contributed by atoms with E-state index in [2.05, 4.69) is 15.1 Å². The Morgan fingerprint density at radius 2 is 1.74 bits per heavy atom. The van der Waals surface area contributed by atoms with Crippen molar-refractivity contribution in [2.75, 3.05) is 65.4 Å². The van der Waals surface area contributed by atoms with E-state index >= 15 is 0 Å². The third-order valence-corrected chi connectivity index (χ3v) is 6.11. The fraction of sp³-hybridized carbons (Fsp3) is 0.500. The lowest BCUT2D eigenvalue weighted by Gasteiger charge is -2.35. The average molecular weight is 474 g/mol. The van der Waals surface area contributed by atoms with Crippen LogP contribution < -0.4 is 14.8 Å². The molecule has 1 unspecified atom stereocenters. The number of aryl methyl sites for hydroxylation is 2. The lowest BCUT2D eigenvalue weighted by atomic mass is 10.1. The zero-order chi connectivity index (χ0) is 24.5. The molecule has 1 atom stereocenters. The van der Waals surface area contributed by atoms with E-state index in [1.807, 2.05) is 50.2 Å². The molecular formula is C26H39N3O5. The molecule has 0 aromatic heterocycles. The fourth-order valence-corrected chi connectivity index (χ4v) is 4.15. The van der Waals surface area contributed by atoms with Crippen molar-refractivity contribution in [3.63, 3.8) is 0 Å². The molecular weight excluding hydrogens is 434 g/mol. The lowest BCUT2D eigenvalue weighted by molar-refractivity contribution is -0.117. The smallest absolute Gasteiger partial charge is 0.238 e. The maximum Gasteiger partial charge on any atom is 0.238 e. The van der Waals surface area contributed by atoms with Crippen LogP contribution in [0.25, 0.3) is 0 Å². The molecule has 188 valence electrons. The molecule has 1 heterocycles. The molecule has 0 radical (unpaired) electrons. The minimum atomic E-state index is -0.580. The number of hydrogen-bond acceptors (Lipinski definition) is 7. The quantitative estimate of drug-likeness (QED) is 0.519. The molecule has 3 rings (SSSR count). The molecule has 0 aliphatic carbocycles. The second kappa shape index (κ2) is 12.7. The van der Waals surface area contributed by atoms with Gasteiger partial charge < -0.3 is 24.6 Å². The molecule has 1 aliphatic heterocycles. The predicted octanol–water partition coefficient (Wildman–Crippen LogP) is 2.70. The number of methoxy groups -OCH3 is 2. The monoisotopic (exact) mass is 473 g/mol. The van der Waals surface area contributed by atoms with Crippen molar-refractivity contribution in [2.45, 2.75) is 26.6 Å². The fourth-order valence-electron chi connectivity index (χ4n) is 4.15. The Labute approximate surface area is 203 Å². The molecule has 8 heteroatoms. The van der Waals surface area contributed by atoms with E-state index in [0.29, 0.717) is 25.4 Å². The van der Waals surface area contributed by atoms with Gasteiger partial charge >= 0.3 is 0 Å². The first-order chi connectivity index (χ1) is 16.4. The first kappa shape index (κ1) is 26.0. The lowest BCUT2D eigenvalue weighted by Crippen LogP contribution is -2.50. The summed E-state index contributed by atoms with van der Waals surface area (Å²) < 4.78 is 16.3. The molecule has 1 aliphatic rings. The number of ether oxygens (including phenoxy) is 3. The van der Waals surface area contributed by atoms with Crippen molar-refractivity contribution < 1.29 is 25.5 Å². The summed E-state index contributed by atoms with van der Waals surface area (Å²) in [5.41, 5.74) is 3.95. The van der Waals surface area contributed by atoms with Crippen LogP contribution in [0.5, 0.6) is 11.5 Å². The summed E-state index contributed by atoms with van der Waals surface area (Å²) in [5, 5.41) is 13.5. The third-order valence-electron chi connectivity index (χ3n) is 6.11. The highest BCUT2D eigenvalue weighted by atomic mass is 16.5. The van der Waals surface area contributed by atoms with Gasteiger partial charge in [0.25, 0.3) is 0 Å². The van der Waals surface area contributed by atoms with Gasteiger partial charge in [0.05, 0.1) is 40.1 Å². The first-order valence-corrected chi connectivity index (χ1v) is 11.7. The second-order valence-corrected chi connectivity index (χ2v) is 8.74. The summed E-state index contributed by atoms with van der Waals surface area (Å²) in [6, 6.07) is 11.6. The van der Waals surface area contributed by atoms with Crippen LogP contribution in [-0.2, 0) is 16.1 Å². The van der Waals surface area contributed by atoms with E-state index in [0.717, 1.165) is 54.3 Å². The van der Waals surface area contributed by atoms with Gasteiger partial charge in [-0.05, 0) is 37.1 Å². The Morgan fingerprint density at radius 1 is 1.06 bits per heavy atom. The van der Waals surface area contributed by atoms with E-state index in [-0.39, 0.29) is 13.9 Å². The Kier molecular flexibility index (Phi) is 9.71. The Morgan fingerprint density at radius 3 is 2.38 bits per heavy atom. The van der Waals surface area contributed by atoms with Gasteiger partial charge in [-0.25, -0.2) is 0 Å². The number of anilines is 1. The topological polar surface area (TPSA) is 83.5 Å². The zero-order valence-electron chi connectivity index (χ0n) is 20.7. The SMILES string of the molecule is COc1ccc(COCC(O)CN2CCN(CC(=O)Nc3c(C)cccc3C)CC2)c(OC)c1.[HH]. The van der Waals surface area contributed by atoms with E-state index in [1.54, 1.807) is 14.2 Å². The summed E-state index contributed by atoms with van der Waals surface area (Å²) in [6.45, 7) is 8.71. The van der Waals surface area contributed by atoms with Crippen LogP contribution in [0.1, 0.15) is 18.1 Å². The van der Waals surface area contributed by atoms with Gasteiger partial charge in [0.15, 0.2) is 0 Å². The summed E-state index contributed by atoms with van der Waals surface area (Å²) in [4.78, 5) is 16.9. The molecule has 2 N–H and O–H groups in total. The molecule has 8 nitrogen and oxygen atoms in total. The number of rotatable bonds is 11. The maximum atomic E-state index is 12.5. The van der Waals surface area contributed by atoms with Gasteiger partial charge in [-0.2, -0.15) is 0 Å². The number of amides is 1. The Bertz CT molecular complexity index is 930. The number of aliphatic hydroxyl groups excluding tert-OH is 1. The van der Waals surface area contributed by atoms with Crippen LogP contribution in [0.2, 0.25) is 0 Å². The number of benzene rings is 2. The summed E-state index contributed by atoms with van der Waals surface area (Å²) in [6.07, 6.45) is -0.580. The van der Waals surface area contributed by atoms with Crippen LogP contribution in [-0.4, -0.2) is 87.0 Å². The second-order valence-electron chi connectivity index (χ2n) is 8.74. The number of carbonyl (C=O) groups is 1. The van der Waals surface area contributed by atoms with Crippen molar-refractivity contribution in [1.29, 1.82) is 0 Å². The number of nitrogens with zero attached hydrogens (tertiary/aromatic N) is 2. The van der Waals surface area contributed by atoms with Gasteiger partial charge in [-0.15, -0.1) is 0 Å². The highest BCUT2D eigenvalue weighted by Gasteiger charge is 2.21. The Hall–Kier alpha value is -2.65. The number of hydrogen-bond donors (Lipinski definition) is 2. The van der Waals surface area contributed by atoms with Crippen LogP contribution in [0.4, 0.5) is 5.69 Å². The number of carbonyl (C=O) groups excluding carboxylic acids is 1. The number of nitrogens with one attached hydrogen (secondary N) is 1. The minimum Gasteiger partial charge on any atom is -0.497 e. The van der Waals surface area contributed by atoms with Crippen molar-refractivity contribution in [3.05, 3.63) is 53.1 Å². The zero-order valence-corrected chi connectivity index (χ0v) is 20.7. The van der Waals surface area contributed by atoms with E-state index in [1.165, 1.54) is 0 Å². The maximum absolute atomic E-state index is 12.5. The van der Waals surface area contributed by atoms with Gasteiger partial charge in [-0.3, -0.25) is 14.6 Å². The van der Waals surface area contributed by atoms with Crippen LogP contribution in [0, 0.1) is 13.8 Å². The highest BCUT2D eigenvalue weighted by molar-refractivity contribution is 5.93. The predicted molar refractivity (Wildman–Crippen MR) is 135 cm³/mol. The molecule has 2 aromatic rings. The molecule has 1 amide bonds. The van der Waals surface area contributed by atoms with Crippen molar-refractivity contribution >= 4 is 11.6 Å². The number of β-amino-alcohol motifs (C(OH)–C–C–N with tert-alkyl or cyclic N) is 1. The van der Waals surface area contributed by atoms with Crippen molar-refractivity contribution in [3.8, 4) is 11.5 Å². The van der Waals surface area contributed by atoms with Gasteiger partial charge in [-0.1, -0.05) is 18.2 Å². The summed E-state index contributed by atoms with van der Waals surface area (Å²) in [7, 11) is 3.22. The molecule has 0 bridgehead atoms.